The van der Waals surface area contributed by atoms with E-state index in [2.05, 4.69) is 41.4 Å². The lowest BCUT2D eigenvalue weighted by molar-refractivity contribution is 0.133. The van der Waals surface area contributed by atoms with Crippen LogP contribution in [-0.4, -0.2) is 41.6 Å². The molecule has 0 spiro atoms. The van der Waals surface area contributed by atoms with Crippen LogP contribution in [-0.2, 0) is 6.42 Å². The van der Waals surface area contributed by atoms with Crippen molar-refractivity contribution in [3.63, 3.8) is 0 Å². The number of nitrogens with one attached hydrogen (secondary N) is 1. The third kappa shape index (κ3) is 3.50. The molecule has 0 bridgehead atoms. The second-order valence-corrected chi connectivity index (χ2v) is 5.94. The quantitative estimate of drug-likeness (QED) is 0.890. The largest absolute Gasteiger partial charge is 0.311 e. The standard InChI is InChI=1S/C13H23N3S/c1-4-12-7-14-10(2)8-16(12)6-5-13-15-11(3)9-17-13/h9-10,12,14H,4-8H2,1-3H3. The van der Waals surface area contributed by atoms with Crippen molar-refractivity contribution in [3.8, 4) is 0 Å². The lowest BCUT2D eigenvalue weighted by atomic mass is 10.1. The molecule has 0 amide bonds. The first-order valence-corrected chi connectivity index (χ1v) is 7.45. The van der Waals surface area contributed by atoms with E-state index in [9.17, 15) is 0 Å². The Kier molecular flexibility index (Phi) is 4.54. The van der Waals surface area contributed by atoms with Gasteiger partial charge in [0, 0.05) is 49.2 Å². The van der Waals surface area contributed by atoms with Gasteiger partial charge in [0.25, 0.3) is 0 Å². The first-order chi connectivity index (χ1) is 8.19. The van der Waals surface area contributed by atoms with Gasteiger partial charge in [0.05, 0.1) is 5.01 Å². The van der Waals surface area contributed by atoms with E-state index in [-0.39, 0.29) is 0 Å². The maximum absolute atomic E-state index is 4.54. The number of aryl methyl sites for hydroxylation is 1. The van der Waals surface area contributed by atoms with E-state index in [1.54, 1.807) is 11.3 Å². The molecule has 0 aromatic carbocycles. The molecule has 2 atom stereocenters. The molecule has 0 saturated carbocycles. The van der Waals surface area contributed by atoms with Gasteiger partial charge in [-0.3, -0.25) is 4.90 Å². The summed E-state index contributed by atoms with van der Waals surface area (Å²) in [4.78, 5) is 7.16. The molecule has 0 radical (unpaired) electrons. The molecule has 2 rings (SSSR count). The van der Waals surface area contributed by atoms with Crippen molar-refractivity contribution >= 4 is 11.3 Å². The van der Waals surface area contributed by atoms with Crippen LogP contribution in [0, 0.1) is 6.92 Å². The van der Waals surface area contributed by atoms with Crippen molar-refractivity contribution < 1.29 is 0 Å². The summed E-state index contributed by atoms with van der Waals surface area (Å²) >= 11 is 1.79. The topological polar surface area (TPSA) is 28.2 Å². The van der Waals surface area contributed by atoms with Gasteiger partial charge < -0.3 is 5.32 Å². The molecule has 17 heavy (non-hydrogen) atoms. The van der Waals surface area contributed by atoms with Crippen molar-refractivity contribution in [2.24, 2.45) is 0 Å². The summed E-state index contributed by atoms with van der Waals surface area (Å²) in [6.07, 6.45) is 2.33. The molecule has 1 aromatic rings. The minimum atomic E-state index is 0.621. The van der Waals surface area contributed by atoms with Gasteiger partial charge in [0.2, 0.25) is 0 Å². The predicted octanol–water partition coefficient (Wildman–Crippen LogP) is 2.07. The van der Waals surface area contributed by atoms with Gasteiger partial charge in [-0.2, -0.15) is 0 Å². The highest BCUT2D eigenvalue weighted by Gasteiger charge is 2.23. The summed E-state index contributed by atoms with van der Waals surface area (Å²) in [5.74, 6) is 0. The summed E-state index contributed by atoms with van der Waals surface area (Å²) in [6.45, 7) is 10.1. The van der Waals surface area contributed by atoms with Gasteiger partial charge in [-0.05, 0) is 20.3 Å². The number of rotatable bonds is 4. The third-order valence-electron chi connectivity index (χ3n) is 3.48. The summed E-state index contributed by atoms with van der Waals surface area (Å²) in [6, 6.07) is 1.32. The average Bonchev–Trinajstić information content (AvgIpc) is 2.73. The van der Waals surface area contributed by atoms with E-state index >= 15 is 0 Å². The summed E-state index contributed by atoms with van der Waals surface area (Å²) in [7, 11) is 0. The Labute approximate surface area is 108 Å². The Morgan fingerprint density at radius 2 is 2.41 bits per heavy atom. The number of hydrogen-bond donors (Lipinski definition) is 1. The van der Waals surface area contributed by atoms with Crippen LogP contribution in [0.4, 0.5) is 0 Å². The number of aromatic nitrogens is 1. The SMILES string of the molecule is CCC1CNC(C)CN1CCc1nc(C)cs1. The number of hydrogen-bond acceptors (Lipinski definition) is 4. The molecule has 96 valence electrons. The fraction of sp³-hybridized carbons (Fsp3) is 0.769. The second kappa shape index (κ2) is 5.94. The Bertz CT molecular complexity index is 350. The van der Waals surface area contributed by atoms with Crippen LogP contribution in [0.1, 0.15) is 31.0 Å². The fourth-order valence-electron chi connectivity index (χ4n) is 2.46. The Hall–Kier alpha value is -0.450. The van der Waals surface area contributed by atoms with Gasteiger partial charge in [-0.15, -0.1) is 11.3 Å². The number of nitrogens with zero attached hydrogens (tertiary/aromatic N) is 2. The third-order valence-corrected chi connectivity index (χ3v) is 4.50. The molecule has 0 aliphatic carbocycles. The van der Waals surface area contributed by atoms with E-state index in [1.165, 1.54) is 18.0 Å². The van der Waals surface area contributed by atoms with Crippen LogP contribution in [0.15, 0.2) is 5.38 Å². The highest BCUT2D eigenvalue weighted by Crippen LogP contribution is 2.14. The molecule has 1 N–H and O–H groups in total. The van der Waals surface area contributed by atoms with Crippen molar-refractivity contribution in [1.29, 1.82) is 0 Å². The minimum absolute atomic E-state index is 0.621. The van der Waals surface area contributed by atoms with E-state index in [0.717, 1.165) is 25.2 Å². The van der Waals surface area contributed by atoms with Crippen LogP contribution < -0.4 is 5.32 Å². The van der Waals surface area contributed by atoms with Gasteiger partial charge in [-0.25, -0.2) is 4.98 Å². The Balaban J connectivity index is 1.87. The summed E-state index contributed by atoms with van der Waals surface area (Å²) in [5, 5.41) is 6.99. The lowest BCUT2D eigenvalue weighted by Gasteiger charge is -2.38. The molecule has 2 unspecified atom stereocenters. The molecule has 2 heterocycles. The van der Waals surface area contributed by atoms with Gasteiger partial charge >= 0.3 is 0 Å². The van der Waals surface area contributed by atoms with E-state index in [0.29, 0.717) is 12.1 Å². The van der Waals surface area contributed by atoms with Crippen molar-refractivity contribution in [1.82, 2.24) is 15.2 Å². The van der Waals surface area contributed by atoms with Crippen LogP contribution in [0.25, 0.3) is 0 Å². The van der Waals surface area contributed by atoms with Crippen molar-refractivity contribution in [3.05, 3.63) is 16.1 Å². The van der Waals surface area contributed by atoms with E-state index < -0.39 is 0 Å². The normalized spacial score (nSPS) is 26.3. The average molecular weight is 253 g/mol. The molecule has 1 aromatic heterocycles. The van der Waals surface area contributed by atoms with Gasteiger partial charge in [0.15, 0.2) is 0 Å². The zero-order valence-electron chi connectivity index (χ0n) is 11.1. The molecule has 1 saturated heterocycles. The first-order valence-electron chi connectivity index (χ1n) is 6.57. The monoisotopic (exact) mass is 253 g/mol. The lowest BCUT2D eigenvalue weighted by Crippen LogP contribution is -2.55. The first kappa shape index (κ1) is 13.0. The van der Waals surface area contributed by atoms with Crippen molar-refractivity contribution in [2.45, 2.75) is 45.7 Å². The van der Waals surface area contributed by atoms with Crippen LogP contribution in [0.2, 0.25) is 0 Å². The Morgan fingerprint density at radius 1 is 1.59 bits per heavy atom. The van der Waals surface area contributed by atoms with Gasteiger partial charge in [-0.1, -0.05) is 6.92 Å². The molecule has 1 aliphatic heterocycles. The van der Waals surface area contributed by atoms with Crippen molar-refractivity contribution in [2.75, 3.05) is 19.6 Å². The Morgan fingerprint density at radius 3 is 3.06 bits per heavy atom. The van der Waals surface area contributed by atoms with E-state index in [1.807, 2.05) is 0 Å². The smallest absolute Gasteiger partial charge is 0.0940 e. The summed E-state index contributed by atoms with van der Waals surface area (Å²) < 4.78 is 0. The predicted molar refractivity (Wildman–Crippen MR) is 73.7 cm³/mol. The van der Waals surface area contributed by atoms with E-state index in [4.69, 9.17) is 0 Å². The van der Waals surface area contributed by atoms with Crippen LogP contribution in [0.5, 0.6) is 0 Å². The molecule has 1 aliphatic rings. The molecule has 3 nitrogen and oxygen atoms in total. The second-order valence-electron chi connectivity index (χ2n) is 5.00. The zero-order valence-corrected chi connectivity index (χ0v) is 11.9. The highest BCUT2D eigenvalue weighted by atomic mass is 32.1. The fourth-order valence-corrected chi connectivity index (χ4v) is 3.23. The molecular weight excluding hydrogens is 230 g/mol. The molecular formula is C13H23N3S. The minimum Gasteiger partial charge on any atom is -0.311 e. The maximum Gasteiger partial charge on any atom is 0.0940 e. The zero-order chi connectivity index (χ0) is 12.3. The van der Waals surface area contributed by atoms with Crippen LogP contribution in [0.3, 0.4) is 0 Å². The highest BCUT2D eigenvalue weighted by molar-refractivity contribution is 7.09. The number of thiazole rings is 1. The molecule has 1 fully saturated rings. The summed E-state index contributed by atoms with van der Waals surface area (Å²) in [5.41, 5.74) is 1.16. The molecule has 4 heteroatoms. The van der Waals surface area contributed by atoms with Crippen LogP contribution >= 0.6 is 11.3 Å². The number of piperazine rings is 1. The maximum atomic E-state index is 4.54. The van der Waals surface area contributed by atoms with Gasteiger partial charge in [0.1, 0.15) is 0 Å².